The minimum atomic E-state index is -0.354. The van der Waals surface area contributed by atoms with Gasteiger partial charge in [-0.15, -0.1) is 0 Å². The number of hydrogen-bond donors (Lipinski definition) is 1. The van der Waals surface area contributed by atoms with Crippen molar-refractivity contribution in [2.24, 2.45) is 7.05 Å². The first-order valence-electron chi connectivity index (χ1n) is 10.9. The maximum Gasteiger partial charge on any atom is 0.275 e. The first-order chi connectivity index (χ1) is 16.0. The van der Waals surface area contributed by atoms with Crippen LogP contribution in [0.4, 0.5) is 0 Å². The quantitative estimate of drug-likeness (QED) is 0.503. The monoisotopic (exact) mass is 445 g/mol. The molecule has 1 fully saturated rings. The number of fused-ring (bicyclic) bond motifs is 2. The van der Waals surface area contributed by atoms with Crippen molar-refractivity contribution in [1.82, 2.24) is 24.6 Å². The third kappa shape index (κ3) is 4.03. The van der Waals surface area contributed by atoms with Crippen LogP contribution in [0.2, 0.25) is 0 Å². The molecule has 2 aromatic carbocycles. The van der Waals surface area contributed by atoms with Crippen molar-refractivity contribution in [3.63, 3.8) is 0 Å². The largest absolute Gasteiger partial charge is 0.376 e. The van der Waals surface area contributed by atoms with Gasteiger partial charge >= 0.3 is 0 Å². The van der Waals surface area contributed by atoms with Gasteiger partial charge in [0.25, 0.3) is 17.0 Å². The molecule has 0 aliphatic carbocycles. The number of para-hydroxylation sites is 1. The van der Waals surface area contributed by atoms with Crippen molar-refractivity contribution >= 4 is 27.6 Å². The summed E-state index contributed by atoms with van der Waals surface area (Å²) in [6.07, 6.45) is 1.66. The molecule has 1 amide bonds. The predicted octanol–water partition coefficient (Wildman–Crippen LogP) is 1.99. The molecule has 5 rings (SSSR count). The second-order valence-electron chi connectivity index (χ2n) is 8.17. The second kappa shape index (κ2) is 8.59. The highest BCUT2D eigenvalue weighted by atomic mass is 16.5. The lowest BCUT2D eigenvalue weighted by Crippen LogP contribution is -2.39. The van der Waals surface area contributed by atoms with Crippen molar-refractivity contribution in [3.8, 4) is 0 Å². The molecule has 0 saturated carbocycles. The third-order valence-corrected chi connectivity index (χ3v) is 5.90. The summed E-state index contributed by atoms with van der Waals surface area (Å²) in [5.41, 5.74) is 0.208. The van der Waals surface area contributed by atoms with Crippen LogP contribution in [0, 0.1) is 0 Å². The van der Waals surface area contributed by atoms with Crippen LogP contribution in [-0.2, 0) is 18.3 Å². The molecule has 0 radical (unpaired) electrons. The zero-order valence-electron chi connectivity index (χ0n) is 18.2. The molecule has 1 saturated heterocycles. The number of aryl methyl sites for hydroxylation is 1. The van der Waals surface area contributed by atoms with Crippen molar-refractivity contribution in [1.29, 1.82) is 0 Å². The van der Waals surface area contributed by atoms with E-state index in [2.05, 4.69) is 15.1 Å². The van der Waals surface area contributed by atoms with Crippen LogP contribution in [0.15, 0.2) is 58.1 Å². The Kier molecular flexibility index (Phi) is 5.47. The van der Waals surface area contributed by atoms with Crippen LogP contribution in [0.3, 0.4) is 0 Å². The number of ether oxygens (including phenoxy) is 1. The average Bonchev–Trinajstić information content (AvgIpc) is 3.34. The van der Waals surface area contributed by atoms with Crippen molar-refractivity contribution in [2.75, 3.05) is 13.2 Å². The van der Waals surface area contributed by atoms with Crippen LogP contribution in [-0.4, -0.2) is 49.8 Å². The molecule has 4 aromatic rings. The summed E-state index contributed by atoms with van der Waals surface area (Å²) in [5, 5.41) is 5.69. The Hall–Kier alpha value is -3.85. The first-order valence-corrected chi connectivity index (χ1v) is 10.9. The summed E-state index contributed by atoms with van der Waals surface area (Å²) in [4.78, 5) is 47.7. The van der Waals surface area contributed by atoms with Gasteiger partial charge in [-0.2, -0.15) is 5.10 Å². The molecule has 1 aliphatic heterocycles. The Balaban J connectivity index is 1.57. The number of nitrogens with one attached hydrogen (secondary N) is 1. The molecule has 9 heteroatoms. The highest BCUT2D eigenvalue weighted by molar-refractivity contribution is 6.04. The van der Waals surface area contributed by atoms with E-state index in [4.69, 9.17) is 4.74 Å². The SMILES string of the molecule is Cn1nc(C(=O)N(Cc2nc3ccccc3c(=O)[nH]2)C[C@H]2CCCO2)c2ccccc2c1=O. The summed E-state index contributed by atoms with van der Waals surface area (Å²) >= 11 is 0. The van der Waals surface area contributed by atoms with Gasteiger partial charge in [-0.3, -0.25) is 14.4 Å². The third-order valence-electron chi connectivity index (χ3n) is 5.90. The van der Waals surface area contributed by atoms with E-state index in [0.29, 0.717) is 40.7 Å². The zero-order valence-corrected chi connectivity index (χ0v) is 18.2. The molecular formula is C24H23N5O4. The number of amides is 1. The average molecular weight is 445 g/mol. The van der Waals surface area contributed by atoms with Gasteiger partial charge in [0.2, 0.25) is 0 Å². The normalized spacial score (nSPS) is 15.8. The smallest absolute Gasteiger partial charge is 0.275 e. The van der Waals surface area contributed by atoms with Gasteiger partial charge in [0.1, 0.15) is 5.82 Å². The molecule has 0 spiro atoms. The van der Waals surface area contributed by atoms with E-state index in [1.807, 2.05) is 6.07 Å². The maximum atomic E-state index is 13.7. The Morgan fingerprint density at radius 1 is 1.12 bits per heavy atom. The fourth-order valence-corrected chi connectivity index (χ4v) is 4.25. The van der Waals surface area contributed by atoms with Gasteiger partial charge in [0, 0.05) is 25.6 Å². The Morgan fingerprint density at radius 2 is 1.85 bits per heavy atom. The van der Waals surface area contributed by atoms with Crippen LogP contribution in [0.1, 0.15) is 29.2 Å². The standard InChI is InChI=1S/C24H23N5O4/c1-28-23(31)17-9-3-2-8-16(17)21(27-28)24(32)29(13-15-7-6-12-33-15)14-20-25-19-11-5-4-10-18(19)22(30)26-20/h2-5,8-11,15H,6-7,12-14H2,1H3,(H,25,26,30)/t15-/m1/s1. The molecule has 0 unspecified atom stereocenters. The number of H-pyrrole nitrogens is 1. The minimum Gasteiger partial charge on any atom is -0.376 e. The van der Waals surface area contributed by atoms with E-state index < -0.39 is 0 Å². The number of aromatic nitrogens is 4. The highest BCUT2D eigenvalue weighted by Gasteiger charge is 2.27. The predicted molar refractivity (Wildman–Crippen MR) is 123 cm³/mol. The van der Waals surface area contributed by atoms with Gasteiger partial charge in [0.05, 0.1) is 28.9 Å². The summed E-state index contributed by atoms with van der Waals surface area (Å²) in [7, 11) is 1.53. The van der Waals surface area contributed by atoms with Crippen LogP contribution >= 0.6 is 0 Å². The minimum absolute atomic E-state index is 0.0810. The molecule has 1 aliphatic rings. The number of carbonyl (C=O) groups is 1. The van der Waals surface area contributed by atoms with E-state index in [0.717, 1.165) is 12.8 Å². The molecule has 2 aromatic heterocycles. The lowest BCUT2D eigenvalue weighted by Gasteiger charge is -2.25. The Bertz CT molecular complexity index is 1470. The number of nitrogens with zero attached hydrogens (tertiary/aromatic N) is 4. The van der Waals surface area contributed by atoms with Gasteiger partial charge in [-0.05, 0) is 31.0 Å². The van der Waals surface area contributed by atoms with Gasteiger partial charge in [-0.1, -0.05) is 30.3 Å². The fourth-order valence-electron chi connectivity index (χ4n) is 4.25. The van der Waals surface area contributed by atoms with E-state index in [1.54, 1.807) is 47.4 Å². The van der Waals surface area contributed by atoms with Crippen LogP contribution in [0.5, 0.6) is 0 Å². The molecule has 33 heavy (non-hydrogen) atoms. The zero-order chi connectivity index (χ0) is 22.9. The second-order valence-corrected chi connectivity index (χ2v) is 8.17. The van der Waals surface area contributed by atoms with Crippen molar-refractivity contribution < 1.29 is 9.53 Å². The van der Waals surface area contributed by atoms with Crippen molar-refractivity contribution in [2.45, 2.75) is 25.5 Å². The lowest BCUT2D eigenvalue weighted by atomic mass is 10.1. The Morgan fingerprint density at radius 3 is 2.61 bits per heavy atom. The summed E-state index contributed by atoms with van der Waals surface area (Å²) in [6, 6.07) is 14.0. The molecule has 3 heterocycles. The lowest BCUT2D eigenvalue weighted by molar-refractivity contribution is 0.0497. The molecule has 9 nitrogen and oxygen atoms in total. The molecule has 1 N–H and O–H groups in total. The molecular weight excluding hydrogens is 422 g/mol. The fraction of sp³-hybridized carbons (Fsp3) is 0.292. The highest BCUT2D eigenvalue weighted by Crippen LogP contribution is 2.19. The number of carbonyl (C=O) groups excluding carboxylic acids is 1. The van der Waals surface area contributed by atoms with E-state index in [9.17, 15) is 14.4 Å². The molecule has 1 atom stereocenters. The number of rotatable bonds is 5. The van der Waals surface area contributed by atoms with E-state index in [-0.39, 0.29) is 35.4 Å². The molecule has 168 valence electrons. The molecule has 0 bridgehead atoms. The number of aromatic amines is 1. The topological polar surface area (TPSA) is 110 Å². The van der Waals surface area contributed by atoms with E-state index >= 15 is 0 Å². The van der Waals surface area contributed by atoms with E-state index in [1.165, 1.54) is 11.7 Å². The van der Waals surface area contributed by atoms with Gasteiger partial charge in [0.15, 0.2) is 5.69 Å². The summed E-state index contributed by atoms with van der Waals surface area (Å²) < 4.78 is 6.95. The van der Waals surface area contributed by atoms with Crippen LogP contribution < -0.4 is 11.1 Å². The summed E-state index contributed by atoms with van der Waals surface area (Å²) in [5.74, 6) is 0.0206. The number of hydrogen-bond acceptors (Lipinski definition) is 6. The Labute approximate surface area is 188 Å². The van der Waals surface area contributed by atoms with Gasteiger partial charge in [-0.25, -0.2) is 9.67 Å². The van der Waals surface area contributed by atoms with Crippen LogP contribution in [0.25, 0.3) is 21.7 Å². The maximum absolute atomic E-state index is 13.7. The van der Waals surface area contributed by atoms with Crippen molar-refractivity contribution in [3.05, 3.63) is 80.8 Å². The first kappa shape index (κ1) is 21.0. The number of benzene rings is 2. The summed E-state index contributed by atoms with van der Waals surface area (Å²) in [6.45, 7) is 1.06. The van der Waals surface area contributed by atoms with Gasteiger partial charge < -0.3 is 14.6 Å².